The summed E-state index contributed by atoms with van der Waals surface area (Å²) in [5, 5.41) is 3.24. The van der Waals surface area contributed by atoms with E-state index in [0.717, 1.165) is 19.5 Å². The first-order valence-corrected chi connectivity index (χ1v) is 8.64. The van der Waals surface area contributed by atoms with Crippen molar-refractivity contribution in [1.82, 2.24) is 19.9 Å². The lowest BCUT2D eigenvalue weighted by Gasteiger charge is -2.35. The number of carbonyl (C=O) groups excluding carboxylic acids is 1. The molecule has 0 saturated carbocycles. The average Bonchev–Trinajstić information content (AvgIpc) is 3.09. The largest absolute Gasteiger partial charge is 0.376 e. The fourth-order valence-electron chi connectivity index (χ4n) is 3.72. The molecule has 0 radical (unpaired) electrons. The number of aromatic nitrogens is 3. The molecule has 7 heteroatoms. The van der Waals surface area contributed by atoms with Crippen LogP contribution in [0.2, 0.25) is 0 Å². The van der Waals surface area contributed by atoms with Gasteiger partial charge in [-0.05, 0) is 30.5 Å². The molecule has 1 amide bonds. The molecule has 0 aliphatic carbocycles. The van der Waals surface area contributed by atoms with Crippen molar-refractivity contribution in [2.75, 3.05) is 31.6 Å². The van der Waals surface area contributed by atoms with Crippen LogP contribution >= 0.6 is 0 Å². The molecule has 2 aliphatic rings. The van der Waals surface area contributed by atoms with Crippen LogP contribution in [0.25, 0.3) is 0 Å². The second kappa shape index (κ2) is 7.14. The zero-order chi connectivity index (χ0) is 17.1. The summed E-state index contributed by atoms with van der Waals surface area (Å²) in [5.41, 5.74) is 0.513. The molecule has 1 N–H and O–H groups in total. The number of hydrogen-bond donors (Lipinski definition) is 1. The van der Waals surface area contributed by atoms with Crippen LogP contribution in [0, 0.1) is 11.8 Å². The number of carbonyl (C=O) groups is 1. The second-order valence-corrected chi connectivity index (χ2v) is 6.50. The van der Waals surface area contributed by atoms with Gasteiger partial charge in [-0.15, -0.1) is 0 Å². The second-order valence-electron chi connectivity index (χ2n) is 6.50. The van der Waals surface area contributed by atoms with Crippen LogP contribution in [0.3, 0.4) is 0 Å². The van der Waals surface area contributed by atoms with E-state index >= 15 is 0 Å². The number of ether oxygens (including phenoxy) is 1. The number of nitrogens with zero attached hydrogens (tertiary/aromatic N) is 4. The number of piperidine rings is 1. The van der Waals surface area contributed by atoms with Crippen molar-refractivity contribution in [3.8, 4) is 0 Å². The Bertz CT molecular complexity index is 712. The number of likely N-dealkylation sites (tertiary alicyclic amines) is 1. The van der Waals surface area contributed by atoms with Gasteiger partial charge < -0.3 is 15.0 Å². The molecule has 4 rings (SSSR count). The predicted octanol–water partition coefficient (Wildman–Crippen LogP) is 1.46. The number of rotatable bonds is 4. The topological polar surface area (TPSA) is 80.2 Å². The third-order valence-electron chi connectivity index (χ3n) is 4.99. The lowest BCUT2D eigenvalue weighted by molar-refractivity contribution is 0.0615. The highest BCUT2D eigenvalue weighted by atomic mass is 16.5. The van der Waals surface area contributed by atoms with E-state index in [0.29, 0.717) is 36.6 Å². The fraction of sp³-hybridized carbons (Fsp3) is 0.444. The molecular weight excluding hydrogens is 318 g/mol. The SMILES string of the molecule is O=C(c1ccccn1)N1CC[C@@H]2[C@@H](CO[C@H]2CNc2ncccn2)C1. The molecule has 0 unspecified atom stereocenters. The van der Waals surface area contributed by atoms with Crippen LogP contribution in [-0.4, -0.2) is 58.1 Å². The molecular formula is C18H21N5O2. The van der Waals surface area contributed by atoms with Gasteiger partial charge in [0.2, 0.25) is 5.95 Å². The van der Waals surface area contributed by atoms with Gasteiger partial charge in [0, 0.05) is 44.1 Å². The van der Waals surface area contributed by atoms with E-state index in [4.69, 9.17) is 4.74 Å². The molecule has 0 aromatic carbocycles. The number of anilines is 1. The van der Waals surface area contributed by atoms with Gasteiger partial charge in [-0.2, -0.15) is 0 Å². The van der Waals surface area contributed by atoms with Gasteiger partial charge in [0.15, 0.2) is 0 Å². The summed E-state index contributed by atoms with van der Waals surface area (Å²) in [5.74, 6) is 1.48. The van der Waals surface area contributed by atoms with Crippen molar-refractivity contribution in [1.29, 1.82) is 0 Å². The van der Waals surface area contributed by atoms with Gasteiger partial charge in [-0.3, -0.25) is 9.78 Å². The quantitative estimate of drug-likeness (QED) is 0.908. The van der Waals surface area contributed by atoms with Gasteiger partial charge in [-0.25, -0.2) is 9.97 Å². The molecule has 3 atom stereocenters. The van der Waals surface area contributed by atoms with Gasteiger partial charge in [0.25, 0.3) is 5.91 Å². The van der Waals surface area contributed by atoms with E-state index in [1.807, 2.05) is 17.0 Å². The number of amides is 1. The first-order chi connectivity index (χ1) is 12.3. The average molecular weight is 339 g/mol. The Hall–Kier alpha value is -2.54. The molecule has 2 saturated heterocycles. The molecule has 0 spiro atoms. The predicted molar refractivity (Wildman–Crippen MR) is 92.0 cm³/mol. The molecule has 7 nitrogen and oxygen atoms in total. The van der Waals surface area contributed by atoms with Gasteiger partial charge in [-0.1, -0.05) is 6.07 Å². The Morgan fingerprint density at radius 3 is 2.84 bits per heavy atom. The van der Waals surface area contributed by atoms with Crippen LogP contribution in [0.15, 0.2) is 42.9 Å². The van der Waals surface area contributed by atoms with E-state index in [9.17, 15) is 4.79 Å². The zero-order valence-corrected chi connectivity index (χ0v) is 13.9. The van der Waals surface area contributed by atoms with Crippen molar-refractivity contribution in [2.45, 2.75) is 12.5 Å². The van der Waals surface area contributed by atoms with Crippen molar-refractivity contribution in [2.24, 2.45) is 11.8 Å². The summed E-state index contributed by atoms with van der Waals surface area (Å²) < 4.78 is 5.98. The minimum Gasteiger partial charge on any atom is -0.376 e. The van der Waals surface area contributed by atoms with Gasteiger partial charge in [0.05, 0.1) is 12.7 Å². The number of hydrogen-bond acceptors (Lipinski definition) is 6. The van der Waals surface area contributed by atoms with Gasteiger partial charge >= 0.3 is 0 Å². The maximum Gasteiger partial charge on any atom is 0.272 e. The summed E-state index contributed by atoms with van der Waals surface area (Å²) in [7, 11) is 0. The lowest BCUT2D eigenvalue weighted by Crippen LogP contribution is -2.45. The summed E-state index contributed by atoms with van der Waals surface area (Å²) in [6.07, 6.45) is 6.18. The van der Waals surface area contributed by atoms with E-state index in [2.05, 4.69) is 20.3 Å². The highest BCUT2D eigenvalue weighted by Gasteiger charge is 2.41. The first kappa shape index (κ1) is 16.0. The Morgan fingerprint density at radius 2 is 2.04 bits per heavy atom. The molecule has 2 aromatic heterocycles. The van der Waals surface area contributed by atoms with Crippen molar-refractivity contribution in [3.05, 3.63) is 48.5 Å². The Morgan fingerprint density at radius 1 is 1.20 bits per heavy atom. The maximum atomic E-state index is 12.6. The van der Waals surface area contributed by atoms with E-state index in [1.54, 1.807) is 30.7 Å². The molecule has 130 valence electrons. The minimum absolute atomic E-state index is 0.0123. The number of fused-ring (bicyclic) bond motifs is 1. The van der Waals surface area contributed by atoms with Crippen LogP contribution in [0.5, 0.6) is 0 Å². The monoisotopic (exact) mass is 339 g/mol. The summed E-state index contributed by atoms with van der Waals surface area (Å²) in [4.78, 5) is 27.0. The van der Waals surface area contributed by atoms with E-state index in [1.165, 1.54) is 0 Å². The van der Waals surface area contributed by atoms with E-state index in [-0.39, 0.29) is 12.0 Å². The summed E-state index contributed by atoms with van der Waals surface area (Å²) in [6.45, 7) is 2.87. The van der Waals surface area contributed by atoms with Crippen molar-refractivity contribution < 1.29 is 9.53 Å². The highest BCUT2D eigenvalue weighted by molar-refractivity contribution is 5.92. The Balaban J connectivity index is 1.34. The standard InChI is InChI=1S/C18H21N5O2/c24-17(15-4-1-2-6-19-15)23-9-5-14-13(11-23)12-25-16(14)10-22-18-20-7-3-8-21-18/h1-4,6-8,13-14,16H,5,9-12H2,(H,20,21,22)/t13-,14-,16+/m1/s1. The van der Waals surface area contributed by atoms with Crippen LogP contribution < -0.4 is 5.32 Å². The lowest BCUT2D eigenvalue weighted by atomic mass is 9.84. The van der Waals surface area contributed by atoms with E-state index < -0.39 is 0 Å². The van der Waals surface area contributed by atoms with Gasteiger partial charge in [0.1, 0.15) is 5.69 Å². The van der Waals surface area contributed by atoms with Crippen molar-refractivity contribution >= 4 is 11.9 Å². The highest BCUT2D eigenvalue weighted by Crippen LogP contribution is 2.34. The third kappa shape index (κ3) is 3.46. The summed E-state index contributed by atoms with van der Waals surface area (Å²) >= 11 is 0. The maximum absolute atomic E-state index is 12.6. The normalized spacial score (nSPS) is 25.4. The minimum atomic E-state index is 0.0123. The Kier molecular flexibility index (Phi) is 4.56. The van der Waals surface area contributed by atoms with Crippen LogP contribution in [0.1, 0.15) is 16.9 Å². The molecule has 4 heterocycles. The zero-order valence-electron chi connectivity index (χ0n) is 13.9. The smallest absolute Gasteiger partial charge is 0.272 e. The molecule has 0 bridgehead atoms. The first-order valence-electron chi connectivity index (χ1n) is 8.64. The molecule has 2 aliphatic heterocycles. The van der Waals surface area contributed by atoms with Crippen LogP contribution in [-0.2, 0) is 4.74 Å². The van der Waals surface area contributed by atoms with Crippen molar-refractivity contribution in [3.63, 3.8) is 0 Å². The fourth-order valence-corrected chi connectivity index (χ4v) is 3.72. The summed E-state index contributed by atoms with van der Waals surface area (Å²) in [6, 6.07) is 7.23. The molecule has 2 fully saturated rings. The Labute approximate surface area is 146 Å². The number of pyridine rings is 1. The van der Waals surface area contributed by atoms with Crippen LogP contribution in [0.4, 0.5) is 5.95 Å². The molecule has 25 heavy (non-hydrogen) atoms. The third-order valence-corrected chi connectivity index (χ3v) is 4.99. The number of nitrogens with one attached hydrogen (secondary N) is 1. The molecule has 2 aromatic rings.